The summed E-state index contributed by atoms with van der Waals surface area (Å²) in [5, 5.41) is 0.859. The van der Waals surface area contributed by atoms with E-state index in [4.69, 9.17) is 4.42 Å². The van der Waals surface area contributed by atoms with Crippen LogP contribution in [0.15, 0.2) is 52.3 Å². The van der Waals surface area contributed by atoms with Crippen molar-refractivity contribution in [3.8, 4) is 11.5 Å². The third-order valence-electron chi connectivity index (χ3n) is 3.76. The Morgan fingerprint density at radius 1 is 1.17 bits per heavy atom. The van der Waals surface area contributed by atoms with Crippen molar-refractivity contribution in [2.24, 2.45) is 0 Å². The molecule has 0 unspecified atom stereocenters. The zero-order valence-corrected chi connectivity index (χ0v) is 14.2. The molecule has 6 heteroatoms. The topological polar surface area (TPSA) is 67.6 Å². The van der Waals surface area contributed by atoms with Crippen LogP contribution < -0.4 is 0 Å². The van der Waals surface area contributed by atoms with Crippen LogP contribution in [0.2, 0.25) is 0 Å². The summed E-state index contributed by atoms with van der Waals surface area (Å²) in [6, 6.07) is 10.1. The van der Waals surface area contributed by atoms with E-state index in [0.29, 0.717) is 11.6 Å². The summed E-state index contributed by atoms with van der Waals surface area (Å²) in [6.07, 6.45) is 3.52. The molecule has 3 aromatic heterocycles. The number of nitrogens with zero attached hydrogens (tertiary/aromatic N) is 3. The molecule has 120 valence electrons. The first kappa shape index (κ1) is 15.0. The minimum Gasteiger partial charge on any atom is -0.441 e. The highest BCUT2D eigenvalue weighted by Crippen LogP contribution is 2.27. The van der Waals surface area contributed by atoms with Gasteiger partial charge in [0.25, 0.3) is 0 Å². The fourth-order valence-electron chi connectivity index (χ4n) is 2.50. The van der Waals surface area contributed by atoms with Crippen LogP contribution in [0, 0.1) is 13.8 Å². The number of nitrogens with one attached hydrogen (secondary N) is 1. The maximum absolute atomic E-state index is 5.84. The summed E-state index contributed by atoms with van der Waals surface area (Å²) in [6.45, 7) is 4.01. The first-order valence-electron chi connectivity index (χ1n) is 7.65. The Balaban J connectivity index is 1.54. The molecule has 4 rings (SSSR count). The second-order valence-electron chi connectivity index (χ2n) is 5.61. The van der Waals surface area contributed by atoms with E-state index in [1.54, 1.807) is 24.2 Å². The van der Waals surface area contributed by atoms with Crippen molar-refractivity contribution in [1.82, 2.24) is 19.9 Å². The van der Waals surface area contributed by atoms with Crippen LogP contribution in [0.25, 0.3) is 22.5 Å². The number of hydrogen-bond donors (Lipinski definition) is 1. The third-order valence-corrected chi connectivity index (χ3v) is 4.65. The van der Waals surface area contributed by atoms with Crippen LogP contribution in [0.3, 0.4) is 0 Å². The molecule has 4 aromatic rings. The zero-order valence-electron chi connectivity index (χ0n) is 13.4. The number of aromatic amines is 1. The number of benzene rings is 1. The molecule has 0 atom stereocenters. The van der Waals surface area contributed by atoms with Gasteiger partial charge in [0.15, 0.2) is 5.16 Å². The summed E-state index contributed by atoms with van der Waals surface area (Å²) in [5.41, 5.74) is 5.00. The molecule has 3 heterocycles. The molecular weight excluding hydrogens is 320 g/mol. The van der Waals surface area contributed by atoms with Gasteiger partial charge in [-0.1, -0.05) is 29.5 Å². The molecule has 5 nitrogen and oxygen atoms in total. The van der Waals surface area contributed by atoms with Gasteiger partial charge >= 0.3 is 0 Å². The Kier molecular flexibility index (Phi) is 3.82. The average Bonchev–Trinajstić information content (AvgIpc) is 3.16. The fraction of sp³-hybridized carbons (Fsp3) is 0.167. The number of rotatable bonds is 4. The highest BCUT2D eigenvalue weighted by Gasteiger charge is 2.13. The number of H-pyrrole nitrogens is 1. The standard InChI is InChI=1S/C18H16N4OS/c1-11-4-3-5-13(8-11)17-20-16(12(2)23-17)10-24-18-21-14-6-7-19-9-15(14)22-18/h3-9H,10H2,1-2H3,(H,21,22). The number of fused-ring (bicyclic) bond motifs is 1. The van der Waals surface area contributed by atoms with E-state index in [2.05, 4.69) is 39.0 Å². The summed E-state index contributed by atoms with van der Waals surface area (Å²) >= 11 is 1.61. The van der Waals surface area contributed by atoms with Crippen LogP contribution in [-0.4, -0.2) is 19.9 Å². The smallest absolute Gasteiger partial charge is 0.226 e. The molecule has 0 fully saturated rings. The van der Waals surface area contributed by atoms with Gasteiger partial charge in [-0.25, -0.2) is 9.97 Å². The van der Waals surface area contributed by atoms with Crippen molar-refractivity contribution in [3.05, 3.63) is 59.7 Å². The van der Waals surface area contributed by atoms with Crippen molar-refractivity contribution in [1.29, 1.82) is 0 Å². The van der Waals surface area contributed by atoms with Gasteiger partial charge in [-0.15, -0.1) is 0 Å². The molecule has 0 aliphatic heterocycles. The van der Waals surface area contributed by atoms with Gasteiger partial charge in [-0.05, 0) is 32.0 Å². The predicted molar refractivity (Wildman–Crippen MR) is 94.9 cm³/mol. The first-order chi connectivity index (χ1) is 11.7. The van der Waals surface area contributed by atoms with E-state index in [1.807, 2.05) is 25.1 Å². The number of oxazole rings is 1. The monoisotopic (exact) mass is 336 g/mol. The molecule has 0 amide bonds. The zero-order chi connectivity index (χ0) is 16.5. The van der Waals surface area contributed by atoms with E-state index < -0.39 is 0 Å². The Hall–Kier alpha value is -2.60. The van der Waals surface area contributed by atoms with Crippen LogP contribution in [0.1, 0.15) is 17.0 Å². The second-order valence-corrected chi connectivity index (χ2v) is 6.58. The van der Waals surface area contributed by atoms with Crippen LogP contribution in [0.4, 0.5) is 0 Å². The molecule has 0 bridgehead atoms. The fourth-order valence-corrected chi connectivity index (χ4v) is 3.39. The van der Waals surface area contributed by atoms with E-state index in [-0.39, 0.29) is 0 Å². The predicted octanol–water partition coefficient (Wildman–Crippen LogP) is 4.52. The average molecular weight is 336 g/mol. The van der Waals surface area contributed by atoms with E-state index in [0.717, 1.165) is 33.2 Å². The Labute approximate surface area is 143 Å². The lowest BCUT2D eigenvalue weighted by molar-refractivity contribution is 0.540. The minimum atomic E-state index is 0.667. The van der Waals surface area contributed by atoms with Crippen molar-refractivity contribution < 1.29 is 4.42 Å². The molecule has 24 heavy (non-hydrogen) atoms. The summed E-state index contributed by atoms with van der Waals surface area (Å²) < 4.78 is 5.84. The summed E-state index contributed by atoms with van der Waals surface area (Å²) in [5.74, 6) is 2.21. The number of thioether (sulfide) groups is 1. The Bertz CT molecular complexity index is 972. The van der Waals surface area contributed by atoms with E-state index in [9.17, 15) is 0 Å². The highest BCUT2D eigenvalue weighted by molar-refractivity contribution is 7.98. The normalized spacial score (nSPS) is 11.2. The molecule has 0 spiro atoms. The van der Waals surface area contributed by atoms with Gasteiger partial charge in [0.1, 0.15) is 5.76 Å². The first-order valence-corrected chi connectivity index (χ1v) is 8.63. The quantitative estimate of drug-likeness (QED) is 0.555. The van der Waals surface area contributed by atoms with Gasteiger partial charge in [-0.2, -0.15) is 0 Å². The lowest BCUT2D eigenvalue weighted by Gasteiger charge is -1.96. The molecule has 0 radical (unpaired) electrons. The van der Waals surface area contributed by atoms with Gasteiger partial charge in [0.05, 0.1) is 22.9 Å². The highest BCUT2D eigenvalue weighted by atomic mass is 32.2. The van der Waals surface area contributed by atoms with Gasteiger partial charge < -0.3 is 9.40 Å². The molecule has 0 aliphatic rings. The maximum Gasteiger partial charge on any atom is 0.226 e. The molecule has 1 N–H and O–H groups in total. The van der Waals surface area contributed by atoms with Crippen molar-refractivity contribution in [3.63, 3.8) is 0 Å². The number of hydrogen-bond acceptors (Lipinski definition) is 5. The number of pyridine rings is 1. The number of aromatic nitrogens is 4. The van der Waals surface area contributed by atoms with E-state index >= 15 is 0 Å². The van der Waals surface area contributed by atoms with Crippen molar-refractivity contribution in [2.45, 2.75) is 24.8 Å². The van der Waals surface area contributed by atoms with Gasteiger partial charge in [0, 0.05) is 17.5 Å². The SMILES string of the molecule is Cc1cccc(-c2nc(CSc3nc4ccncc4[nH]3)c(C)o2)c1. The number of aryl methyl sites for hydroxylation is 2. The molecule has 0 saturated heterocycles. The van der Waals surface area contributed by atoms with Crippen LogP contribution in [-0.2, 0) is 5.75 Å². The van der Waals surface area contributed by atoms with Crippen LogP contribution >= 0.6 is 11.8 Å². The van der Waals surface area contributed by atoms with Crippen LogP contribution in [0.5, 0.6) is 0 Å². The van der Waals surface area contributed by atoms with Gasteiger partial charge in [-0.3, -0.25) is 4.98 Å². The lowest BCUT2D eigenvalue weighted by Crippen LogP contribution is -1.86. The maximum atomic E-state index is 5.84. The molecular formula is C18H16N4OS. The number of imidazole rings is 1. The minimum absolute atomic E-state index is 0.667. The van der Waals surface area contributed by atoms with Gasteiger partial charge in [0.2, 0.25) is 5.89 Å². The lowest BCUT2D eigenvalue weighted by atomic mass is 10.1. The summed E-state index contributed by atoms with van der Waals surface area (Å²) in [4.78, 5) is 16.5. The molecule has 0 aliphatic carbocycles. The Morgan fingerprint density at radius 2 is 2.08 bits per heavy atom. The molecule has 0 saturated carbocycles. The second kappa shape index (κ2) is 6.13. The molecule has 1 aromatic carbocycles. The largest absolute Gasteiger partial charge is 0.441 e. The Morgan fingerprint density at radius 3 is 2.92 bits per heavy atom. The summed E-state index contributed by atoms with van der Waals surface area (Å²) in [7, 11) is 0. The van der Waals surface area contributed by atoms with Crippen molar-refractivity contribution >= 4 is 22.8 Å². The van der Waals surface area contributed by atoms with Crippen molar-refractivity contribution in [2.75, 3.05) is 0 Å². The third kappa shape index (κ3) is 2.92. The van der Waals surface area contributed by atoms with E-state index in [1.165, 1.54) is 5.56 Å².